The second-order valence-electron chi connectivity index (χ2n) is 6.71. The first-order valence-electron chi connectivity index (χ1n) is 8.70. The van der Waals surface area contributed by atoms with Crippen LogP contribution in [0.25, 0.3) is 0 Å². The maximum atomic E-state index is 12.3. The van der Waals surface area contributed by atoms with E-state index in [0.717, 1.165) is 24.9 Å². The van der Waals surface area contributed by atoms with Crippen LogP contribution in [0.15, 0.2) is 0 Å². The summed E-state index contributed by atoms with van der Waals surface area (Å²) in [5, 5.41) is 3.61. The number of amides is 1. The number of rotatable bonds is 5. The highest BCUT2D eigenvalue weighted by Crippen LogP contribution is 2.40. The number of hydrogen-bond acceptors (Lipinski definition) is 2. The van der Waals surface area contributed by atoms with Crippen LogP contribution in [0, 0.1) is 11.8 Å². The third kappa shape index (κ3) is 3.75. The lowest BCUT2D eigenvalue weighted by atomic mass is 9.69. The van der Waals surface area contributed by atoms with Crippen molar-refractivity contribution in [3.8, 4) is 0 Å². The summed E-state index contributed by atoms with van der Waals surface area (Å²) in [4.78, 5) is 14.3. The van der Waals surface area contributed by atoms with E-state index in [-0.39, 0.29) is 11.9 Å². The van der Waals surface area contributed by atoms with Crippen molar-refractivity contribution in [3.05, 3.63) is 0 Å². The van der Waals surface area contributed by atoms with Gasteiger partial charge >= 0.3 is 0 Å². The van der Waals surface area contributed by atoms with Crippen LogP contribution in [-0.4, -0.2) is 36.0 Å². The molecule has 2 aliphatic rings. The zero-order chi connectivity index (χ0) is 14.5. The van der Waals surface area contributed by atoms with E-state index in [0.29, 0.717) is 6.04 Å². The van der Waals surface area contributed by atoms with Crippen molar-refractivity contribution in [2.75, 3.05) is 13.1 Å². The summed E-state index contributed by atoms with van der Waals surface area (Å²) in [7, 11) is 0. The molecule has 4 unspecified atom stereocenters. The molecule has 2 fully saturated rings. The van der Waals surface area contributed by atoms with Crippen LogP contribution in [0.4, 0.5) is 0 Å². The summed E-state index contributed by atoms with van der Waals surface area (Å²) in [6.07, 6.45) is 9.65. The molecule has 2 saturated carbocycles. The molecule has 0 spiro atoms. The number of nitrogens with zero attached hydrogens (tertiary/aromatic N) is 1. The second-order valence-corrected chi connectivity index (χ2v) is 6.71. The minimum absolute atomic E-state index is 0.0277. The number of hydrogen-bond donors (Lipinski definition) is 1. The zero-order valence-corrected chi connectivity index (χ0v) is 13.5. The Balaban J connectivity index is 1.82. The molecule has 3 nitrogen and oxygen atoms in total. The van der Waals surface area contributed by atoms with Crippen LogP contribution < -0.4 is 5.32 Å². The van der Waals surface area contributed by atoms with Gasteiger partial charge in [-0.1, -0.05) is 25.7 Å². The molecule has 20 heavy (non-hydrogen) atoms. The van der Waals surface area contributed by atoms with Gasteiger partial charge in [-0.2, -0.15) is 0 Å². The Hall–Kier alpha value is -0.570. The van der Waals surface area contributed by atoms with Gasteiger partial charge in [0.1, 0.15) is 0 Å². The zero-order valence-electron chi connectivity index (χ0n) is 13.5. The molecule has 2 rings (SSSR count). The van der Waals surface area contributed by atoms with E-state index in [1.54, 1.807) is 0 Å². The summed E-state index contributed by atoms with van der Waals surface area (Å²) < 4.78 is 0. The molecule has 2 aliphatic carbocycles. The first-order chi connectivity index (χ1) is 9.65. The van der Waals surface area contributed by atoms with Crippen LogP contribution in [-0.2, 0) is 4.79 Å². The van der Waals surface area contributed by atoms with E-state index < -0.39 is 0 Å². The summed E-state index contributed by atoms with van der Waals surface area (Å²) in [6, 6.07) is 0.531. The van der Waals surface area contributed by atoms with Gasteiger partial charge in [-0.3, -0.25) is 4.79 Å². The lowest BCUT2D eigenvalue weighted by molar-refractivity contribution is -0.133. The van der Waals surface area contributed by atoms with Crippen molar-refractivity contribution >= 4 is 5.91 Å². The predicted molar refractivity (Wildman–Crippen MR) is 83.6 cm³/mol. The number of carbonyl (C=O) groups is 1. The SMILES string of the molecule is CCN(CC)C(=O)C(C)NC1CCC2CCCCC2C1. The fourth-order valence-electron chi connectivity index (χ4n) is 4.26. The summed E-state index contributed by atoms with van der Waals surface area (Å²) in [5.74, 6) is 2.17. The van der Waals surface area contributed by atoms with Gasteiger partial charge in [-0.05, 0) is 51.9 Å². The minimum atomic E-state index is -0.0277. The van der Waals surface area contributed by atoms with E-state index in [1.165, 1.54) is 44.9 Å². The smallest absolute Gasteiger partial charge is 0.239 e. The molecule has 1 amide bonds. The van der Waals surface area contributed by atoms with Crippen molar-refractivity contribution in [3.63, 3.8) is 0 Å². The highest BCUT2D eigenvalue weighted by atomic mass is 16.2. The molecule has 0 aliphatic heterocycles. The molecular weight excluding hydrogens is 248 g/mol. The van der Waals surface area contributed by atoms with Gasteiger partial charge in [-0.15, -0.1) is 0 Å². The average Bonchev–Trinajstić information content (AvgIpc) is 2.48. The Morgan fingerprint density at radius 2 is 1.75 bits per heavy atom. The molecule has 1 N–H and O–H groups in total. The summed E-state index contributed by atoms with van der Waals surface area (Å²) in [5.41, 5.74) is 0. The number of likely N-dealkylation sites (N-methyl/N-ethyl adjacent to an activating group) is 1. The van der Waals surface area contributed by atoms with Crippen molar-refractivity contribution in [1.82, 2.24) is 10.2 Å². The number of fused-ring (bicyclic) bond motifs is 1. The highest BCUT2D eigenvalue weighted by Gasteiger charge is 2.33. The molecule has 0 aromatic rings. The normalized spacial score (nSPS) is 31.4. The largest absolute Gasteiger partial charge is 0.342 e. The second kappa shape index (κ2) is 7.44. The van der Waals surface area contributed by atoms with Crippen LogP contribution >= 0.6 is 0 Å². The van der Waals surface area contributed by atoms with Crippen LogP contribution in [0.2, 0.25) is 0 Å². The topological polar surface area (TPSA) is 32.3 Å². The fraction of sp³-hybridized carbons (Fsp3) is 0.941. The van der Waals surface area contributed by atoms with Crippen LogP contribution in [0.5, 0.6) is 0 Å². The van der Waals surface area contributed by atoms with E-state index in [2.05, 4.69) is 19.2 Å². The number of carbonyl (C=O) groups excluding carboxylic acids is 1. The molecular formula is C17H32N2O. The summed E-state index contributed by atoms with van der Waals surface area (Å²) >= 11 is 0. The third-order valence-electron chi connectivity index (χ3n) is 5.47. The number of nitrogens with one attached hydrogen (secondary N) is 1. The lowest BCUT2D eigenvalue weighted by Crippen LogP contribution is -2.50. The monoisotopic (exact) mass is 280 g/mol. The first-order valence-corrected chi connectivity index (χ1v) is 8.70. The van der Waals surface area contributed by atoms with E-state index in [4.69, 9.17) is 0 Å². The molecule has 0 radical (unpaired) electrons. The molecule has 0 aromatic heterocycles. The van der Waals surface area contributed by atoms with Gasteiger partial charge in [0.2, 0.25) is 5.91 Å². The molecule has 0 aromatic carbocycles. The molecule has 3 heteroatoms. The van der Waals surface area contributed by atoms with Gasteiger partial charge in [0.25, 0.3) is 0 Å². The molecule has 0 bridgehead atoms. The Labute approximate surface area is 124 Å². The van der Waals surface area contributed by atoms with Gasteiger partial charge in [-0.25, -0.2) is 0 Å². The maximum absolute atomic E-state index is 12.3. The van der Waals surface area contributed by atoms with Crippen LogP contribution in [0.1, 0.15) is 65.7 Å². The van der Waals surface area contributed by atoms with Gasteiger partial charge in [0, 0.05) is 19.1 Å². The van der Waals surface area contributed by atoms with Gasteiger partial charge in [0.05, 0.1) is 6.04 Å². The Kier molecular flexibility index (Phi) is 5.88. The molecule has 0 heterocycles. The third-order valence-corrected chi connectivity index (χ3v) is 5.47. The highest BCUT2D eigenvalue weighted by molar-refractivity contribution is 5.81. The standard InChI is InChI=1S/C17H32N2O/c1-4-19(5-2)17(20)13(3)18-16-11-10-14-8-6-7-9-15(14)12-16/h13-16,18H,4-12H2,1-3H3. The van der Waals surface area contributed by atoms with Gasteiger partial charge < -0.3 is 10.2 Å². The maximum Gasteiger partial charge on any atom is 0.239 e. The van der Waals surface area contributed by atoms with Crippen molar-refractivity contribution < 1.29 is 4.79 Å². The fourth-order valence-corrected chi connectivity index (χ4v) is 4.26. The van der Waals surface area contributed by atoms with Gasteiger partial charge in [0.15, 0.2) is 0 Å². The first kappa shape index (κ1) is 15.8. The average molecular weight is 280 g/mol. The Morgan fingerprint density at radius 3 is 2.40 bits per heavy atom. The van der Waals surface area contributed by atoms with Crippen molar-refractivity contribution in [2.24, 2.45) is 11.8 Å². The van der Waals surface area contributed by atoms with Crippen LogP contribution in [0.3, 0.4) is 0 Å². The van der Waals surface area contributed by atoms with E-state index in [1.807, 2.05) is 11.8 Å². The Bertz CT molecular complexity index is 314. The Morgan fingerprint density at radius 1 is 1.10 bits per heavy atom. The lowest BCUT2D eigenvalue weighted by Gasteiger charge is -2.40. The summed E-state index contributed by atoms with van der Waals surface area (Å²) in [6.45, 7) is 7.78. The molecule has 0 saturated heterocycles. The molecule has 4 atom stereocenters. The van der Waals surface area contributed by atoms with Crippen molar-refractivity contribution in [1.29, 1.82) is 0 Å². The van der Waals surface area contributed by atoms with E-state index >= 15 is 0 Å². The van der Waals surface area contributed by atoms with E-state index in [9.17, 15) is 4.79 Å². The van der Waals surface area contributed by atoms with Crippen molar-refractivity contribution in [2.45, 2.75) is 77.8 Å². The predicted octanol–water partition coefficient (Wildman–Crippen LogP) is 3.19. The quantitative estimate of drug-likeness (QED) is 0.839. The minimum Gasteiger partial charge on any atom is -0.342 e. The molecule has 116 valence electrons.